The van der Waals surface area contributed by atoms with Crippen LogP contribution in [0.15, 0.2) is 0 Å². The van der Waals surface area contributed by atoms with Gasteiger partial charge in [-0.15, -0.1) is 0 Å². The van der Waals surface area contributed by atoms with E-state index in [4.69, 9.17) is 9.47 Å². The Morgan fingerprint density at radius 2 is 1.94 bits per heavy atom. The molecule has 0 aliphatic heterocycles. The number of carbonyl (C=O) groups is 1. The van der Waals surface area contributed by atoms with Gasteiger partial charge in [-0.25, -0.2) is 4.79 Å². The molecule has 0 aliphatic rings. The molecule has 0 aromatic heterocycles. The quantitative estimate of drug-likeness (QED) is 0.730. The van der Waals surface area contributed by atoms with E-state index in [9.17, 15) is 4.79 Å². The molecule has 0 bridgehead atoms. The number of nitrogens with zero attached hydrogens (tertiary/aromatic N) is 1. The molecule has 0 heterocycles. The fraction of sp³-hybridized carbons (Fsp3) is 0.917. The normalized spacial score (nSPS) is 13.4. The zero-order valence-corrected chi connectivity index (χ0v) is 11.4. The molecule has 0 radical (unpaired) electrons. The first-order chi connectivity index (χ1) is 7.26. The van der Waals surface area contributed by atoms with E-state index in [1.807, 2.05) is 20.8 Å². The number of hydrogen-bond donors (Lipinski definition) is 0. The molecule has 1 unspecified atom stereocenters. The van der Waals surface area contributed by atoms with Crippen LogP contribution in [0.1, 0.15) is 34.1 Å². The van der Waals surface area contributed by atoms with Crippen molar-refractivity contribution in [2.75, 3.05) is 27.3 Å². The maximum Gasteiger partial charge on any atom is 0.410 e. The van der Waals surface area contributed by atoms with Crippen LogP contribution in [0.4, 0.5) is 4.79 Å². The summed E-state index contributed by atoms with van der Waals surface area (Å²) in [6.07, 6.45) is 0.654. The van der Waals surface area contributed by atoms with Gasteiger partial charge < -0.3 is 14.4 Å². The van der Waals surface area contributed by atoms with Crippen LogP contribution in [-0.2, 0) is 9.47 Å². The molecule has 0 aromatic carbocycles. The predicted octanol–water partition coefficient (Wildman–Crippen LogP) is 2.53. The molecule has 0 aromatic rings. The van der Waals surface area contributed by atoms with Gasteiger partial charge in [-0.1, -0.05) is 6.92 Å². The minimum absolute atomic E-state index is 0.267. The Morgan fingerprint density at radius 1 is 1.38 bits per heavy atom. The third kappa shape index (κ3) is 7.51. The average molecular weight is 231 g/mol. The number of rotatable bonds is 5. The van der Waals surface area contributed by atoms with Crippen LogP contribution in [0.25, 0.3) is 0 Å². The number of methoxy groups -OCH3 is 1. The van der Waals surface area contributed by atoms with Crippen LogP contribution >= 0.6 is 0 Å². The van der Waals surface area contributed by atoms with E-state index in [0.717, 1.165) is 13.0 Å². The Balaban J connectivity index is 3.88. The summed E-state index contributed by atoms with van der Waals surface area (Å²) in [4.78, 5) is 13.2. The van der Waals surface area contributed by atoms with Gasteiger partial charge in [0, 0.05) is 27.3 Å². The van der Waals surface area contributed by atoms with E-state index < -0.39 is 5.60 Å². The van der Waals surface area contributed by atoms with Crippen LogP contribution in [0.2, 0.25) is 0 Å². The highest BCUT2D eigenvalue weighted by Gasteiger charge is 2.19. The lowest BCUT2D eigenvalue weighted by atomic mass is 10.1. The fourth-order valence-corrected chi connectivity index (χ4v) is 1.21. The lowest BCUT2D eigenvalue weighted by Crippen LogP contribution is -2.35. The van der Waals surface area contributed by atoms with Crippen molar-refractivity contribution in [1.82, 2.24) is 4.90 Å². The molecule has 0 saturated carbocycles. The summed E-state index contributed by atoms with van der Waals surface area (Å²) in [6, 6.07) is 0. The molecule has 1 amide bonds. The lowest BCUT2D eigenvalue weighted by Gasteiger charge is -2.25. The van der Waals surface area contributed by atoms with Crippen LogP contribution in [0.3, 0.4) is 0 Å². The summed E-state index contributed by atoms with van der Waals surface area (Å²) in [5, 5.41) is 0. The Kier molecular flexibility index (Phi) is 6.41. The van der Waals surface area contributed by atoms with E-state index in [1.54, 1.807) is 19.1 Å². The third-order valence-corrected chi connectivity index (χ3v) is 2.11. The molecule has 16 heavy (non-hydrogen) atoms. The zero-order chi connectivity index (χ0) is 12.8. The van der Waals surface area contributed by atoms with Gasteiger partial charge in [-0.2, -0.15) is 0 Å². The zero-order valence-electron chi connectivity index (χ0n) is 11.4. The molecule has 0 fully saturated rings. The van der Waals surface area contributed by atoms with E-state index in [-0.39, 0.29) is 6.09 Å². The Hall–Kier alpha value is -0.770. The molecular formula is C12H25NO3. The predicted molar refractivity (Wildman–Crippen MR) is 64.5 cm³/mol. The second-order valence-electron chi connectivity index (χ2n) is 5.25. The van der Waals surface area contributed by atoms with Gasteiger partial charge in [0.05, 0.1) is 0 Å². The summed E-state index contributed by atoms with van der Waals surface area (Å²) in [5.74, 6) is 0.454. The molecule has 4 heteroatoms. The van der Waals surface area contributed by atoms with Crippen LogP contribution < -0.4 is 0 Å². The second-order valence-corrected chi connectivity index (χ2v) is 5.25. The monoisotopic (exact) mass is 231 g/mol. The summed E-state index contributed by atoms with van der Waals surface area (Å²) >= 11 is 0. The molecule has 1 atom stereocenters. The Bertz CT molecular complexity index is 211. The number of hydrogen-bond acceptors (Lipinski definition) is 3. The van der Waals surface area contributed by atoms with Crippen molar-refractivity contribution in [2.24, 2.45) is 5.92 Å². The first kappa shape index (κ1) is 15.2. The first-order valence-corrected chi connectivity index (χ1v) is 5.69. The molecule has 0 aliphatic carbocycles. The van der Waals surface area contributed by atoms with Crippen molar-refractivity contribution < 1.29 is 14.3 Å². The smallest absolute Gasteiger partial charge is 0.410 e. The van der Waals surface area contributed by atoms with E-state index >= 15 is 0 Å². The largest absolute Gasteiger partial charge is 0.444 e. The van der Waals surface area contributed by atoms with Gasteiger partial charge in [0.15, 0.2) is 0 Å². The highest BCUT2D eigenvalue weighted by Crippen LogP contribution is 2.10. The topological polar surface area (TPSA) is 38.8 Å². The van der Waals surface area contributed by atoms with Crippen molar-refractivity contribution in [1.29, 1.82) is 0 Å². The summed E-state index contributed by atoms with van der Waals surface area (Å²) < 4.78 is 10.3. The fourth-order valence-electron chi connectivity index (χ4n) is 1.21. The van der Waals surface area contributed by atoms with Crippen molar-refractivity contribution in [3.63, 3.8) is 0 Å². The lowest BCUT2D eigenvalue weighted by molar-refractivity contribution is 0.0284. The molecular weight excluding hydrogens is 206 g/mol. The van der Waals surface area contributed by atoms with Crippen molar-refractivity contribution in [3.05, 3.63) is 0 Å². The second kappa shape index (κ2) is 6.74. The summed E-state index contributed by atoms with van der Waals surface area (Å²) in [6.45, 7) is 9.12. The Labute approximate surface area is 98.9 Å². The molecule has 96 valence electrons. The van der Waals surface area contributed by atoms with Crippen LogP contribution in [0.5, 0.6) is 0 Å². The van der Waals surface area contributed by atoms with Crippen molar-refractivity contribution in [2.45, 2.75) is 39.7 Å². The maximum atomic E-state index is 11.6. The Morgan fingerprint density at radius 3 is 2.38 bits per heavy atom. The summed E-state index contributed by atoms with van der Waals surface area (Å²) in [5.41, 5.74) is -0.427. The average Bonchev–Trinajstić information content (AvgIpc) is 2.11. The first-order valence-electron chi connectivity index (χ1n) is 5.69. The highest BCUT2D eigenvalue weighted by molar-refractivity contribution is 5.67. The van der Waals surface area contributed by atoms with Crippen molar-refractivity contribution in [3.8, 4) is 0 Å². The molecule has 0 saturated heterocycles. The van der Waals surface area contributed by atoms with Crippen LogP contribution in [0, 0.1) is 5.92 Å². The standard InChI is InChI=1S/C12H25NO3/c1-10(9-15-6)7-8-13(5)11(14)16-12(2,3)4/h10H,7-9H2,1-6H3. The minimum atomic E-state index is -0.427. The van der Waals surface area contributed by atoms with Gasteiger partial charge in [-0.3, -0.25) is 0 Å². The van der Waals surface area contributed by atoms with E-state index in [1.165, 1.54) is 0 Å². The highest BCUT2D eigenvalue weighted by atomic mass is 16.6. The van der Waals surface area contributed by atoms with Gasteiger partial charge >= 0.3 is 6.09 Å². The van der Waals surface area contributed by atoms with Gasteiger partial charge in [0.25, 0.3) is 0 Å². The van der Waals surface area contributed by atoms with Gasteiger partial charge in [0.2, 0.25) is 0 Å². The summed E-state index contributed by atoms with van der Waals surface area (Å²) in [7, 11) is 3.45. The maximum absolute atomic E-state index is 11.6. The molecule has 0 N–H and O–H groups in total. The SMILES string of the molecule is COCC(C)CCN(C)C(=O)OC(C)(C)C. The third-order valence-electron chi connectivity index (χ3n) is 2.11. The number of amides is 1. The number of carbonyl (C=O) groups excluding carboxylic acids is 1. The van der Waals surface area contributed by atoms with Gasteiger partial charge in [0.1, 0.15) is 5.60 Å². The van der Waals surface area contributed by atoms with Crippen molar-refractivity contribution >= 4 is 6.09 Å². The van der Waals surface area contributed by atoms with Crippen LogP contribution in [-0.4, -0.2) is 43.9 Å². The molecule has 4 nitrogen and oxygen atoms in total. The molecule has 0 rings (SSSR count). The minimum Gasteiger partial charge on any atom is -0.444 e. The van der Waals surface area contributed by atoms with Gasteiger partial charge in [-0.05, 0) is 33.1 Å². The molecule has 0 spiro atoms. The van der Waals surface area contributed by atoms with E-state index in [2.05, 4.69) is 6.92 Å². The number of ether oxygens (including phenoxy) is 2. The van der Waals surface area contributed by atoms with E-state index in [0.29, 0.717) is 12.5 Å².